The fraction of sp³-hybridized carbons (Fsp3) is 0.0800. The summed E-state index contributed by atoms with van der Waals surface area (Å²) >= 11 is 0. The molecule has 4 rings (SSSR count). The molecule has 0 aliphatic rings. The molecule has 6 heteroatoms. The highest BCUT2D eigenvalue weighted by Crippen LogP contribution is 2.23. The zero-order valence-electron chi connectivity index (χ0n) is 16.8. The smallest absolute Gasteiger partial charge is 0.339 e. The summed E-state index contributed by atoms with van der Waals surface area (Å²) < 4.78 is 15.8. The normalized spacial score (nSPS) is 10.5. The van der Waals surface area contributed by atoms with Crippen molar-refractivity contribution in [3.05, 3.63) is 107 Å². The molecule has 1 heterocycles. The summed E-state index contributed by atoms with van der Waals surface area (Å²) in [5.41, 5.74) is 2.46. The Bertz CT molecular complexity index is 1200. The van der Waals surface area contributed by atoms with Gasteiger partial charge in [0.05, 0.1) is 12.7 Å². The Labute approximate surface area is 179 Å². The van der Waals surface area contributed by atoms with E-state index in [1.165, 1.54) is 0 Å². The fourth-order valence-electron chi connectivity index (χ4n) is 3.10. The lowest BCUT2D eigenvalue weighted by Crippen LogP contribution is -2.12. The lowest BCUT2D eigenvalue weighted by molar-refractivity contribution is 0.0435. The summed E-state index contributed by atoms with van der Waals surface area (Å²) in [6, 6.07) is 24.5. The SMILES string of the molecule is COc1ccc(-c2cc(COC(=O)c3ccccc3C(=O)c3ccccc3)on2)cc1. The van der Waals surface area contributed by atoms with E-state index >= 15 is 0 Å². The van der Waals surface area contributed by atoms with Crippen LogP contribution in [0.5, 0.6) is 5.75 Å². The van der Waals surface area contributed by atoms with Gasteiger partial charge in [-0.05, 0) is 30.3 Å². The zero-order valence-corrected chi connectivity index (χ0v) is 16.8. The molecular weight excluding hydrogens is 394 g/mol. The van der Waals surface area contributed by atoms with Crippen LogP contribution < -0.4 is 4.74 Å². The molecule has 3 aromatic carbocycles. The third-order valence-electron chi connectivity index (χ3n) is 4.72. The third-order valence-corrected chi connectivity index (χ3v) is 4.72. The molecule has 0 saturated carbocycles. The molecule has 0 spiro atoms. The predicted molar refractivity (Wildman–Crippen MR) is 114 cm³/mol. The number of hydrogen-bond donors (Lipinski definition) is 0. The number of hydrogen-bond acceptors (Lipinski definition) is 6. The molecular formula is C25H19NO5. The van der Waals surface area contributed by atoms with Gasteiger partial charge in [-0.3, -0.25) is 4.79 Å². The zero-order chi connectivity index (χ0) is 21.6. The van der Waals surface area contributed by atoms with Gasteiger partial charge in [0, 0.05) is 22.8 Å². The van der Waals surface area contributed by atoms with E-state index < -0.39 is 5.97 Å². The molecule has 0 aliphatic heterocycles. The maximum Gasteiger partial charge on any atom is 0.339 e. The van der Waals surface area contributed by atoms with Crippen LogP contribution in [-0.4, -0.2) is 24.0 Å². The molecule has 0 saturated heterocycles. The number of ether oxygens (including phenoxy) is 2. The van der Waals surface area contributed by atoms with E-state index in [9.17, 15) is 9.59 Å². The van der Waals surface area contributed by atoms with Crippen LogP contribution in [0, 0.1) is 0 Å². The number of nitrogens with zero attached hydrogens (tertiary/aromatic N) is 1. The number of ketones is 1. The highest BCUT2D eigenvalue weighted by molar-refractivity contribution is 6.14. The largest absolute Gasteiger partial charge is 0.497 e. The van der Waals surface area contributed by atoms with E-state index in [-0.39, 0.29) is 23.5 Å². The lowest BCUT2D eigenvalue weighted by atomic mass is 9.98. The van der Waals surface area contributed by atoms with Gasteiger partial charge >= 0.3 is 5.97 Å². The Hall–Kier alpha value is -4.19. The summed E-state index contributed by atoms with van der Waals surface area (Å²) in [5.74, 6) is 0.285. The van der Waals surface area contributed by atoms with Crippen molar-refractivity contribution in [2.45, 2.75) is 6.61 Å². The number of carbonyl (C=O) groups excluding carboxylic acids is 2. The van der Waals surface area contributed by atoms with Gasteiger partial charge in [-0.15, -0.1) is 0 Å². The van der Waals surface area contributed by atoms with Crippen molar-refractivity contribution < 1.29 is 23.6 Å². The van der Waals surface area contributed by atoms with Gasteiger partial charge in [0.2, 0.25) is 0 Å². The minimum atomic E-state index is -0.609. The minimum Gasteiger partial charge on any atom is -0.497 e. The van der Waals surface area contributed by atoms with Crippen LogP contribution >= 0.6 is 0 Å². The van der Waals surface area contributed by atoms with Gasteiger partial charge in [-0.2, -0.15) is 0 Å². The van der Waals surface area contributed by atoms with Crippen molar-refractivity contribution in [1.82, 2.24) is 5.16 Å². The first-order chi connectivity index (χ1) is 15.2. The molecule has 0 bridgehead atoms. The van der Waals surface area contributed by atoms with Crippen molar-refractivity contribution in [3.8, 4) is 17.0 Å². The topological polar surface area (TPSA) is 78.6 Å². The molecule has 1 aromatic heterocycles. The van der Waals surface area contributed by atoms with Crippen LogP contribution in [0.15, 0.2) is 89.5 Å². The summed E-state index contributed by atoms with van der Waals surface area (Å²) in [7, 11) is 1.60. The number of benzene rings is 3. The van der Waals surface area contributed by atoms with E-state index in [0.29, 0.717) is 17.0 Å². The summed E-state index contributed by atoms with van der Waals surface area (Å²) in [6.45, 7) is -0.101. The Balaban J connectivity index is 1.46. The van der Waals surface area contributed by atoms with Gasteiger partial charge in [0.15, 0.2) is 18.2 Å². The molecule has 0 atom stereocenters. The summed E-state index contributed by atoms with van der Waals surface area (Å²) in [5, 5.41) is 4.02. The van der Waals surface area contributed by atoms with Gasteiger partial charge in [-0.25, -0.2) is 4.79 Å². The summed E-state index contributed by atoms with van der Waals surface area (Å²) in [4.78, 5) is 25.5. The fourth-order valence-corrected chi connectivity index (χ4v) is 3.10. The van der Waals surface area contributed by atoms with E-state index in [1.807, 2.05) is 30.3 Å². The van der Waals surface area contributed by atoms with Crippen molar-refractivity contribution in [2.75, 3.05) is 7.11 Å². The van der Waals surface area contributed by atoms with Gasteiger partial charge in [-0.1, -0.05) is 53.7 Å². The van der Waals surface area contributed by atoms with Crippen LogP contribution in [-0.2, 0) is 11.3 Å². The van der Waals surface area contributed by atoms with Crippen LogP contribution in [0.2, 0.25) is 0 Å². The molecule has 0 N–H and O–H groups in total. The van der Waals surface area contributed by atoms with Crippen molar-refractivity contribution in [1.29, 1.82) is 0 Å². The molecule has 154 valence electrons. The van der Waals surface area contributed by atoms with Crippen molar-refractivity contribution >= 4 is 11.8 Å². The first kappa shape index (κ1) is 20.1. The van der Waals surface area contributed by atoms with E-state index in [2.05, 4.69) is 5.16 Å². The van der Waals surface area contributed by atoms with Gasteiger partial charge < -0.3 is 14.0 Å². The molecule has 0 radical (unpaired) electrons. The molecule has 31 heavy (non-hydrogen) atoms. The third kappa shape index (κ3) is 4.53. The standard InChI is InChI=1S/C25H19NO5/c1-29-19-13-11-17(12-14-19)23-15-20(31-26-23)16-30-25(28)22-10-6-5-9-21(22)24(27)18-7-3-2-4-8-18/h2-15H,16H2,1H3. The van der Waals surface area contributed by atoms with Crippen molar-refractivity contribution in [2.24, 2.45) is 0 Å². The molecule has 0 unspecified atom stereocenters. The second-order valence-corrected chi connectivity index (χ2v) is 6.72. The van der Waals surface area contributed by atoms with Crippen LogP contribution in [0.4, 0.5) is 0 Å². The number of rotatable bonds is 7. The Morgan fingerprint density at radius 3 is 2.26 bits per heavy atom. The van der Waals surface area contributed by atoms with E-state index in [0.717, 1.165) is 11.3 Å². The molecule has 0 amide bonds. The Kier molecular flexibility index (Phi) is 5.89. The first-order valence-electron chi connectivity index (χ1n) is 9.61. The molecule has 4 aromatic rings. The highest BCUT2D eigenvalue weighted by Gasteiger charge is 2.19. The summed E-state index contributed by atoms with van der Waals surface area (Å²) in [6.07, 6.45) is 0. The average Bonchev–Trinajstić information content (AvgIpc) is 3.32. The second kappa shape index (κ2) is 9.09. The molecule has 6 nitrogen and oxygen atoms in total. The van der Waals surface area contributed by atoms with E-state index in [4.69, 9.17) is 14.0 Å². The van der Waals surface area contributed by atoms with Crippen LogP contribution in [0.1, 0.15) is 32.0 Å². The minimum absolute atomic E-state index is 0.101. The number of aromatic nitrogens is 1. The Morgan fingerprint density at radius 1 is 0.871 bits per heavy atom. The highest BCUT2D eigenvalue weighted by atomic mass is 16.5. The molecule has 0 aliphatic carbocycles. The maximum absolute atomic E-state index is 12.8. The quantitative estimate of drug-likeness (QED) is 0.315. The number of esters is 1. The first-order valence-corrected chi connectivity index (χ1v) is 9.61. The van der Waals surface area contributed by atoms with Gasteiger partial charge in [0.25, 0.3) is 0 Å². The average molecular weight is 413 g/mol. The Morgan fingerprint density at radius 2 is 1.55 bits per heavy atom. The van der Waals surface area contributed by atoms with Crippen LogP contribution in [0.25, 0.3) is 11.3 Å². The van der Waals surface area contributed by atoms with Gasteiger partial charge in [0.1, 0.15) is 11.4 Å². The van der Waals surface area contributed by atoms with Crippen LogP contribution in [0.3, 0.4) is 0 Å². The second-order valence-electron chi connectivity index (χ2n) is 6.72. The number of methoxy groups -OCH3 is 1. The maximum atomic E-state index is 12.8. The lowest BCUT2D eigenvalue weighted by Gasteiger charge is -2.08. The van der Waals surface area contributed by atoms with E-state index in [1.54, 1.807) is 61.7 Å². The monoisotopic (exact) mass is 413 g/mol. The number of carbonyl (C=O) groups is 2. The predicted octanol–water partition coefficient (Wildman–Crippen LogP) is 4.94. The van der Waals surface area contributed by atoms with Crippen molar-refractivity contribution in [3.63, 3.8) is 0 Å². The molecule has 0 fully saturated rings.